The number of nitrogens with zero attached hydrogens (tertiary/aromatic N) is 1. The molecule has 1 aliphatic carbocycles. The summed E-state index contributed by atoms with van der Waals surface area (Å²) in [6.45, 7) is 2.13. The summed E-state index contributed by atoms with van der Waals surface area (Å²) < 4.78 is 5.00. The van der Waals surface area contributed by atoms with Crippen LogP contribution >= 0.6 is 0 Å². The Morgan fingerprint density at radius 1 is 1.22 bits per heavy atom. The molecule has 2 aliphatic rings. The molecule has 4 unspecified atom stereocenters. The summed E-state index contributed by atoms with van der Waals surface area (Å²) in [5.41, 5.74) is 0. The van der Waals surface area contributed by atoms with E-state index in [-0.39, 0.29) is 6.10 Å². The molecule has 106 valence electrons. The number of aliphatic hydroxyl groups is 2. The fourth-order valence-electron chi connectivity index (χ4n) is 3.66. The van der Waals surface area contributed by atoms with Crippen molar-refractivity contribution in [3.8, 4) is 0 Å². The van der Waals surface area contributed by atoms with Crippen molar-refractivity contribution in [2.75, 3.05) is 26.8 Å². The normalized spacial score (nSPS) is 35.8. The number of hydrogen-bond acceptors (Lipinski definition) is 4. The molecule has 2 rings (SSSR count). The van der Waals surface area contributed by atoms with Crippen LogP contribution in [0.25, 0.3) is 0 Å². The van der Waals surface area contributed by atoms with Crippen LogP contribution in [0.5, 0.6) is 0 Å². The number of likely N-dealkylation sites (tertiary alicyclic amines) is 1. The van der Waals surface area contributed by atoms with E-state index >= 15 is 0 Å². The number of aliphatic hydroxyl groups excluding tert-OH is 2. The monoisotopic (exact) mass is 257 g/mol. The van der Waals surface area contributed by atoms with Crippen molar-refractivity contribution in [3.63, 3.8) is 0 Å². The van der Waals surface area contributed by atoms with Gasteiger partial charge in [0.25, 0.3) is 0 Å². The Bertz CT molecular complexity index is 249. The average molecular weight is 257 g/mol. The molecule has 1 saturated carbocycles. The van der Waals surface area contributed by atoms with Crippen LogP contribution in [0.15, 0.2) is 0 Å². The Hall–Kier alpha value is -0.160. The molecule has 1 aliphatic heterocycles. The second kappa shape index (κ2) is 6.85. The molecule has 4 nitrogen and oxygen atoms in total. The van der Waals surface area contributed by atoms with Crippen molar-refractivity contribution in [1.82, 2.24) is 4.90 Å². The first-order chi connectivity index (χ1) is 8.72. The van der Waals surface area contributed by atoms with Crippen molar-refractivity contribution in [1.29, 1.82) is 0 Å². The fraction of sp³-hybridized carbons (Fsp3) is 1.00. The molecule has 0 spiro atoms. The summed E-state index contributed by atoms with van der Waals surface area (Å²) in [5, 5.41) is 20.0. The molecule has 2 N–H and O–H groups in total. The maximum absolute atomic E-state index is 10.1. The minimum atomic E-state index is -0.408. The van der Waals surface area contributed by atoms with Gasteiger partial charge in [0.1, 0.15) is 0 Å². The summed E-state index contributed by atoms with van der Waals surface area (Å²) in [4.78, 5) is 2.38. The van der Waals surface area contributed by atoms with Gasteiger partial charge in [-0.1, -0.05) is 12.8 Å². The van der Waals surface area contributed by atoms with Gasteiger partial charge in [0.2, 0.25) is 0 Å². The average Bonchev–Trinajstić information content (AvgIpc) is 2.76. The van der Waals surface area contributed by atoms with Gasteiger partial charge in [-0.25, -0.2) is 0 Å². The first-order valence-corrected chi connectivity index (χ1v) is 7.31. The van der Waals surface area contributed by atoms with Crippen LogP contribution in [0.2, 0.25) is 0 Å². The van der Waals surface area contributed by atoms with E-state index in [4.69, 9.17) is 4.74 Å². The number of rotatable bonds is 5. The van der Waals surface area contributed by atoms with E-state index in [9.17, 15) is 10.2 Å². The van der Waals surface area contributed by atoms with Crippen molar-refractivity contribution in [2.24, 2.45) is 5.92 Å². The zero-order chi connectivity index (χ0) is 13.0. The van der Waals surface area contributed by atoms with E-state index in [2.05, 4.69) is 4.90 Å². The van der Waals surface area contributed by atoms with E-state index in [1.54, 1.807) is 7.11 Å². The van der Waals surface area contributed by atoms with E-state index in [0.717, 1.165) is 25.8 Å². The zero-order valence-electron chi connectivity index (χ0n) is 11.4. The molecule has 0 aromatic rings. The second-order valence-electron chi connectivity index (χ2n) is 5.83. The third-order valence-electron chi connectivity index (χ3n) is 4.49. The van der Waals surface area contributed by atoms with Gasteiger partial charge in [-0.05, 0) is 32.2 Å². The van der Waals surface area contributed by atoms with E-state index in [1.807, 2.05) is 0 Å². The van der Waals surface area contributed by atoms with E-state index < -0.39 is 6.10 Å². The Kier molecular flexibility index (Phi) is 5.42. The quantitative estimate of drug-likeness (QED) is 0.772. The molecule has 1 saturated heterocycles. The van der Waals surface area contributed by atoms with Gasteiger partial charge in [0, 0.05) is 25.6 Å². The van der Waals surface area contributed by atoms with Crippen molar-refractivity contribution >= 4 is 0 Å². The van der Waals surface area contributed by atoms with Crippen LogP contribution in [0.3, 0.4) is 0 Å². The molecule has 4 atom stereocenters. The van der Waals surface area contributed by atoms with Crippen LogP contribution in [0.1, 0.15) is 38.5 Å². The Balaban J connectivity index is 1.92. The number of ether oxygens (including phenoxy) is 1. The third kappa shape index (κ3) is 3.44. The van der Waals surface area contributed by atoms with Crippen LogP contribution in [0, 0.1) is 5.92 Å². The molecular formula is C14H27NO3. The lowest BCUT2D eigenvalue weighted by atomic mass is 9.87. The van der Waals surface area contributed by atoms with Crippen LogP contribution < -0.4 is 0 Å². The number of hydrogen-bond donors (Lipinski definition) is 2. The van der Waals surface area contributed by atoms with Crippen LogP contribution in [-0.2, 0) is 4.74 Å². The van der Waals surface area contributed by atoms with Crippen LogP contribution in [0.4, 0.5) is 0 Å². The zero-order valence-corrected chi connectivity index (χ0v) is 11.4. The highest BCUT2D eigenvalue weighted by atomic mass is 16.5. The topological polar surface area (TPSA) is 52.9 Å². The lowest BCUT2D eigenvalue weighted by molar-refractivity contribution is -0.0110. The number of piperidine rings is 1. The first kappa shape index (κ1) is 14.3. The summed E-state index contributed by atoms with van der Waals surface area (Å²) in [7, 11) is 1.62. The molecule has 0 amide bonds. The lowest BCUT2D eigenvalue weighted by Crippen LogP contribution is -2.49. The highest BCUT2D eigenvalue weighted by molar-refractivity contribution is 4.90. The maximum Gasteiger partial charge on any atom is 0.0900 e. The molecule has 0 bridgehead atoms. The van der Waals surface area contributed by atoms with Crippen molar-refractivity contribution < 1.29 is 14.9 Å². The SMILES string of the molecule is COCC(O)CN1CCCCC1C1CCCC1O. The Labute approximate surface area is 110 Å². The van der Waals surface area contributed by atoms with Crippen molar-refractivity contribution in [2.45, 2.75) is 56.8 Å². The van der Waals surface area contributed by atoms with Gasteiger partial charge in [0.05, 0.1) is 18.8 Å². The summed E-state index contributed by atoms with van der Waals surface area (Å²) in [6, 6.07) is 0.461. The maximum atomic E-state index is 10.1. The first-order valence-electron chi connectivity index (χ1n) is 7.31. The second-order valence-corrected chi connectivity index (χ2v) is 5.83. The number of methoxy groups -OCH3 is 1. The smallest absolute Gasteiger partial charge is 0.0900 e. The lowest BCUT2D eigenvalue weighted by Gasteiger charge is -2.41. The van der Waals surface area contributed by atoms with Crippen molar-refractivity contribution in [3.05, 3.63) is 0 Å². The highest BCUT2D eigenvalue weighted by Crippen LogP contribution is 2.35. The minimum absolute atomic E-state index is 0.129. The molecule has 4 heteroatoms. The summed E-state index contributed by atoms with van der Waals surface area (Å²) in [6.07, 6.45) is 6.34. The molecule has 18 heavy (non-hydrogen) atoms. The molecule has 1 heterocycles. The van der Waals surface area contributed by atoms with E-state index in [0.29, 0.717) is 25.1 Å². The standard InChI is InChI=1S/C14H27NO3/c1-18-10-11(16)9-15-8-3-2-6-13(15)12-5-4-7-14(12)17/h11-14,16-17H,2-10H2,1H3. The van der Waals surface area contributed by atoms with Gasteiger partial charge in [-0.3, -0.25) is 4.90 Å². The largest absolute Gasteiger partial charge is 0.393 e. The molecule has 0 radical (unpaired) electrons. The third-order valence-corrected chi connectivity index (χ3v) is 4.49. The summed E-state index contributed by atoms with van der Waals surface area (Å²) in [5.74, 6) is 0.417. The predicted molar refractivity (Wildman–Crippen MR) is 70.4 cm³/mol. The van der Waals surface area contributed by atoms with Gasteiger partial charge in [0.15, 0.2) is 0 Å². The highest BCUT2D eigenvalue weighted by Gasteiger charge is 2.37. The summed E-state index contributed by atoms with van der Waals surface area (Å²) >= 11 is 0. The fourth-order valence-corrected chi connectivity index (χ4v) is 3.66. The molecule has 0 aromatic heterocycles. The molecular weight excluding hydrogens is 230 g/mol. The van der Waals surface area contributed by atoms with E-state index in [1.165, 1.54) is 19.3 Å². The molecule has 0 aromatic carbocycles. The predicted octanol–water partition coefficient (Wildman–Crippen LogP) is 1.01. The Morgan fingerprint density at radius 2 is 2.06 bits per heavy atom. The van der Waals surface area contributed by atoms with Gasteiger partial charge < -0.3 is 14.9 Å². The van der Waals surface area contributed by atoms with Crippen LogP contribution in [-0.4, -0.2) is 60.2 Å². The minimum Gasteiger partial charge on any atom is -0.393 e. The Morgan fingerprint density at radius 3 is 2.72 bits per heavy atom. The molecule has 2 fully saturated rings. The van der Waals surface area contributed by atoms with Gasteiger partial charge in [-0.15, -0.1) is 0 Å². The van der Waals surface area contributed by atoms with Gasteiger partial charge >= 0.3 is 0 Å². The number of β-amino-alcohol motifs (C(OH)–C–C–N with tert-alkyl or cyclic N) is 1. The van der Waals surface area contributed by atoms with Gasteiger partial charge in [-0.2, -0.15) is 0 Å².